The summed E-state index contributed by atoms with van der Waals surface area (Å²) in [5.74, 6) is 1.70. The monoisotopic (exact) mass is 454 g/mol. The van der Waals surface area contributed by atoms with Crippen LogP contribution >= 0.6 is 34.4 Å². The van der Waals surface area contributed by atoms with E-state index in [1.54, 1.807) is 6.26 Å². The van der Waals surface area contributed by atoms with Gasteiger partial charge in [0.1, 0.15) is 5.76 Å². The molecule has 1 N–H and O–H groups in total. The molecule has 0 unspecified atom stereocenters. The van der Waals surface area contributed by atoms with Crippen molar-refractivity contribution in [3.8, 4) is 11.4 Å². The van der Waals surface area contributed by atoms with Crippen LogP contribution in [-0.4, -0.2) is 26.4 Å². The number of aromatic nitrogens is 3. The van der Waals surface area contributed by atoms with Gasteiger partial charge in [0.2, 0.25) is 5.91 Å². The number of thioether (sulfide) groups is 1. The number of hydrogen-bond acceptors (Lipinski definition) is 5. The first-order valence-electron chi connectivity index (χ1n) is 7.17. The van der Waals surface area contributed by atoms with Gasteiger partial charge in [0, 0.05) is 10.6 Å². The van der Waals surface area contributed by atoms with Gasteiger partial charge in [0.05, 0.1) is 23.3 Å². The van der Waals surface area contributed by atoms with Crippen LogP contribution in [0.4, 0.5) is 5.69 Å². The summed E-state index contributed by atoms with van der Waals surface area (Å²) >= 11 is 3.54. The molecule has 8 heteroatoms. The average molecular weight is 454 g/mol. The van der Waals surface area contributed by atoms with Crippen LogP contribution in [0.1, 0.15) is 5.76 Å². The molecule has 0 aliphatic rings. The molecule has 3 rings (SSSR count). The van der Waals surface area contributed by atoms with E-state index in [-0.39, 0.29) is 11.7 Å². The smallest absolute Gasteiger partial charge is 0.234 e. The SMILES string of the molecule is Cc1occc1-c1nnc(SCC(=O)Nc2ccccc2I)n1C. The van der Waals surface area contributed by atoms with Crippen LogP contribution in [0.25, 0.3) is 11.4 Å². The van der Waals surface area contributed by atoms with Gasteiger partial charge in [-0.2, -0.15) is 0 Å². The largest absolute Gasteiger partial charge is 0.469 e. The van der Waals surface area contributed by atoms with Crippen molar-refractivity contribution in [2.45, 2.75) is 12.1 Å². The highest BCUT2D eigenvalue weighted by atomic mass is 127. The number of hydrogen-bond donors (Lipinski definition) is 1. The molecule has 0 radical (unpaired) electrons. The number of nitrogens with one attached hydrogen (secondary N) is 1. The third kappa shape index (κ3) is 3.64. The van der Waals surface area contributed by atoms with Crippen LogP contribution in [0.3, 0.4) is 0 Å². The first-order valence-corrected chi connectivity index (χ1v) is 9.23. The summed E-state index contributed by atoms with van der Waals surface area (Å²) in [5, 5.41) is 11.9. The molecule has 0 spiro atoms. The molecule has 0 bridgehead atoms. The van der Waals surface area contributed by atoms with Crippen LogP contribution in [0.15, 0.2) is 46.2 Å². The highest BCUT2D eigenvalue weighted by Crippen LogP contribution is 2.26. The van der Waals surface area contributed by atoms with E-state index in [4.69, 9.17) is 4.42 Å². The van der Waals surface area contributed by atoms with Gasteiger partial charge < -0.3 is 14.3 Å². The zero-order valence-corrected chi connectivity index (χ0v) is 16.1. The summed E-state index contributed by atoms with van der Waals surface area (Å²) in [6.45, 7) is 1.88. The Morgan fingerprint density at radius 2 is 2.12 bits per heavy atom. The minimum Gasteiger partial charge on any atom is -0.469 e. The highest BCUT2D eigenvalue weighted by molar-refractivity contribution is 14.1. The number of anilines is 1. The number of halogens is 1. The van der Waals surface area contributed by atoms with Gasteiger partial charge in [-0.15, -0.1) is 10.2 Å². The van der Waals surface area contributed by atoms with E-state index in [2.05, 4.69) is 38.1 Å². The molecule has 1 aromatic carbocycles. The topological polar surface area (TPSA) is 72.9 Å². The number of amides is 1. The quantitative estimate of drug-likeness (QED) is 0.470. The lowest BCUT2D eigenvalue weighted by atomic mass is 10.2. The zero-order valence-electron chi connectivity index (χ0n) is 13.1. The van der Waals surface area contributed by atoms with Crippen LogP contribution < -0.4 is 5.32 Å². The highest BCUT2D eigenvalue weighted by Gasteiger charge is 2.16. The van der Waals surface area contributed by atoms with E-state index in [1.807, 2.05) is 48.9 Å². The van der Waals surface area contributed by atoms with Crippen molar-refractivity contribution in [3.63, 3.8) is 0 Å². The minimum atomic E-state index is -0.0758. The Kier molecular flexibility index (Phi) is 5.24. The van der Waals surface area contributed by atoms with Crippen molar-refractivity contribution in [2.24, 2.45) is 7.05 Å². The third-order valence-corrected chi connectivity index (χ3v) is 5.38. The summed E-state index contributed by atoms with van der Waals surface area (Å²) in [7, 11) is 1.88. The van der Waals surface area contributed by atoms with Gasteiger partial charge >= 0.3 is 0 Å². The van der Waals surface area contributed by atoms with Gasteiger partial charge in [0.25, 0.3) is 0 Å². The van der Waals surface area contributed by atoms with Crippen molar-refractivity contribution in [1.82, 2.24) is 14.8 Å². The van der Waals surface area contributed by atoms with Gasteiger partial charge in [-0.3, -0.25) is 4.79 Å². The van der Waals surface area contributed by atoms with Gasteiger partial charge in [-0.1, -0.05) is 23.9 Å². The van der Waals surface area contributed by atoms with E-state index in [0.717, 1.165) is 26.4 Å². The lowest BCUT2D eigenvalue weighted by Gasteiger charge is -2.07. The predicted octanol–water partition coefficient (Wildman–Crippen LogP) is 3.72. The molecular formula is C16H15IN4O2S. The van der Waals surface area contributed by atoms with Crippen LogP contribution in [0.5, 0.6) is 0 Å². The van der Waals surface area contributed by atoms with Crippen molar-refractivity contribution in [1.29, 1.82) is 0 Å². The van der Waals surface area contributed by atoms with Crippen molar-refractivity contribution in [3.05, 3.63) is 45.9 Å². The maximum absolute atomic E-state index is 12.1. The second-order valence-corrected chi connectivity index (χ2v) is 7.18. The number of furan rings is 1. The van der Waals surface area contributed by atoms with E-state index < -0.39 is 0 Å². The van der Waals surface area contributed by atoms with Crippen LogP contribution in [0, 0.1) is 10.5 Å². The Labute approximate surface area is 157 Å². The molecule has 0 saturated heterocycles. The van der Waals surface area contributed by atoms with Crippen LogP contribution in [0.2, 0.25) is 0 Å². The Bertz CT molecular complexity index is 875. The molecule has 0 fully saturated rings. The minimum absolute atomic E-state index is 0.0758. The standard InChI is InChI=1S/C16H15IN4O2S/c1-10-11(7-8-23-10)15-19-20-16(21(15)2)24-9-14(22)18-13-6-4-3-5-12(13)17/h3-8H,9H2,1-2H3,(H,18,22). The zero-order chi connectivity index (χ0) is 17.1. The van der Waals surface area contributed by atoms with Gasteiger partial charge in [-0.25, -0.2) is 0 Å². The number of aryl methyl sites for hydroxylation is 1. The predicted molar refractivity (Wildman–Crippen MR) is 102 cm³/mol. The van der Waals surface area contributed by atoms with Gasteiger partial charge in [0.15, 0.2) is 11.0 Å². The summed E-state index contributed by atoms with van der Waals surface area (Å²) in [6, 6.07) is 9.52. The maximum atomic E-state index is 12.1. The molecule has 3 aromatic rings. The normalized spacial score (nSPS) is 10.8. The van der Waals surface area contributed by atoms with Crippen molar-refractivity contribution in [2.75, 3.05) is 11.1 Å². The lowest BCUT2D eigenvalue weighted by Crippen LogP contribution is -2.15. The maximum Gasteiger partial charge on any atom is 0.234 e. The lowest BCUT2D eigenvalue weighted by molar-refractivity contribution is -0.113. The molecule has 1 amide bonds. The first kappa shape index (κ1) is 17.0. The van der Waals surface area contributed by atoms with Crippen molar-refractivity contribution < 1.29 is 9.21 Å². The summed E-state index contributed by atoms with van der Waals surface area (Å²) in [4.78, 5) is 12.1. The summed E-state index contributed by atoms with van der Waals surface area (Å²) in [6.07, 6.45) is 1.63. The molecular weight excluding hydrogens is 439 g/mol. The molecule has 2 aromatic heterocycles. The molecule has 0 aliphatic carbocycles. The number of nitrogens with zero attached hydrogens (tertiary/aromatic N) is 3. The average Bonchev–Trinajstić information content (AvgIpc) is 3.13. The number of para-hydroxylation sites is 1. The Morgan fingerprint density at radius 3 is 2.83 bits per heavy atom. The fourth-order valence-corrected chi connectivity index (χ4v) is 3.40. The second-order valence-electron chi connectivity index (χ2n) is 5.07. The molecule has 0 aliphatic heterocycles. The number of carbonyl (C=O) groups excluding carboxylic acids is 1. The Hall–Kier alpha value is -1.81. The fourth-order valence-electron chi connectivity index (χ4n) is 2.17. The van der Waals surface area contributed by atoms with E-state index in [0.29, 0.717) is 5.16 Å². The molecule has 0 atom stereocenters. The Morgan fingerprint density at radius 1 is 1.33 bits per heavy atom. The van der Waals surface area contributed by atoms with Crippen molar-refractivity contribution >= 4 is 45.9 Å². The van der Waals surface area contributed by atoms with E-state index in [9.17, 15) is 4.79 Å². The Balaban J connectivity index is 1.65. The molecule has 6 nitrogen and oxygen atoms in total. The first-order chi connectivity index (χ1) is 11.6. The second kappa shape index (κ2) is 7.39. The summed E-state index contributed by atoms with van der Waals surface area (Å²) in [5.41, 5.74) is 1.72. The number of carbonyl (C=O) groups is 1. The van der Waals surface area contributed by atoms with Gasteiger partial charge in [-0.05, 0) is 47.7 Å². The molecule has 0 saturated carbocycles. The summed E-state index contributed by atoms with van der Waals surface area (Å²) < 4.78 is 8.17. The van der Waals surface area contributed by atoms with E-state index >= 15 is 0 Å². The third-order valence-electron chi connectivity index (χ3n) is 3.41. The number of rotatable bonds is 5. The number of benzene rings is 1. The van der Waals surface area contributed by atoms with Crippen LogP contribution in [-0.2, 0) is 11.8 Å². The molecule has 124 valence electrons. The fraction of sp³-hybridized carbons (Fsp3) is 0.188. The molecule has 2 heterocycles. The molecule has 24 heavy (non-hydrogen) atoms. The van der Waals surface area contributed by atoms with E-state index in [1.165, 1.54) is 11.8 Å².